The van der Waals surface area contributed by atoms with Crippen LogP contribution in [0.15, 0.2) is 29.3 Å². The molecule has 1 atom stereocenters. The average Bonchev–Trinajstić information content (AvgIpc) is 2.47. The zero-order chi connectivity index (χ0) is 15.5. The third-order valence-electron chi connectivity index (χ3n) is 3.10. The van der Waals surface area contributed by atoms with E-state index in [1.807, 2.05) is 0 Å². The van der Waals surface area contributed by atoms with Crippen LogP contribution in [0.1, 0.15) is 17.0 Å². The minimum atomic E-state index is -4.40. The number of guanidine groups is 1. The SMILES string of the molecule is COC(=O)NC1=NCC(c2ccccc2C(F)(F)F)CN1. The fraction of sp³-hybridized carbons (Fsp3) is 0.385. The van der Waals surface area contributed by atoms with Gasteiger partial charge in [-0.2, -0.15) is 13.2 Å². The number of carbonyl (C=O) groups is 1. The molecule has 0 saturated carbocycles. The molecule has 0 bridgehead atoms. The fourth-order valence-corrected chi connectivity index (χ4v) is 2.09. The molecule has 1 unspecified atom stereocenters. The molecule has 0 fully saturated rings. The zero-order valence-electron chi connectivity index (χ0n) is 11.2. The van der Waals surface area contributed by atoms with E-state index in [1.54, 1.807) is 6.07 Å². The number of hydrogen-bond donors (Lipinski definition) is 2. The van der Waals surface area contributed by atoms with Gasteiger partial charge in [0.15, 0.2) is 0 Å². The number of methoxy groups -OCH3 is 1. The van der Waals surface area contributed by atoms with Gasteiger partial charge in [-0.3, -0.25) is 10.3 Å². The molecule has 114 valence electrons. The predicted octanol–water partition coefficient (Wildman–Crippen LogP) is 2.10. The maximum Gasteiger partial charge on any atom is 0.416 e. The summed E-state index contributed by atoms with van der Waals surface area (Å²) >= 11 is 0. The molecule has 0 spiro atoms. The van der Waals surface area contributed by atoms with E-state index in [4.69, 9.17) is 0 Å². The van der Waals surface area contributed by atoms with Gasteiger partial charge in [0.25, 0.3) is 0 Å². The van der Waals surface area contributed by atoms with Crippen molar-refractivity contribution < 1.29 is 22.7 Å². The summed E-state index contributed by atoms with van der Waals surface area (Å²) < 4.78 is 43.3. The van der Waals surface area contributed by atoms with Crippen LogP contribution < -0.4 is 10.6 Å². The molecule has 2 rings (SSSR count). The van der Waals surface area contributed by atoms with Crippen LogP contribution in [0.3, 0.4) is 0 Å². The van der Waals surface area contributed by atoms with E-state index in [1.165, 1.54) is 19.2 Å². The quantitative estimate of drug-likeness (QED) is 0.835. The number of halogens is 3. The molecule has 1 heterocycles. The van der Waals surface area contributed by atoms with Crippen LogP contribution in [0.4, 0.5) is 18.0 Å². The van der Waals surface area contributed by atoms with Gasteiger partial charge in [-0.1, -0.05) is 18.2 Å². The first-order valence-corrected chi connectivity index (χ1v) is 6.21. The van der Waals surface area contributed by atoms with E-state index in [9.17, 15) is 18.0 Å². The molecule has 1 aliphatic rings. The van der Waals surface area contributed by atoms with Crippen molar-refractivity contribution in [1.29, 1.82) is 0 Å². The van der Waals surface area contributed by atoms with Gasteiger partial charge in [0.05, 0.1) is 19.2 Å². The Kier molecular flexibility index (Phi) is 4.35. The molecule has 5 nitrogen and oxygen atoms in total. The van der Waals surface area contributed by atoms with E-state index in [0.29, 0.717) is 0 Å². The zero-order valence-corrected chi connectivity index (χ0v) is 11.2. The lowest BCUT2D eigenvalue weighted by Crippen LogP contribution is -2.46. The summed E-state index contributed by atoms with van der Waals surface area (Å²) in [5.41, 5.74) is -0.463. The second kappa shape index (κ2) is 6.02. The van der Waals surface area contributed by atoms with E-state index in [2.05, 4.69) is 20.4 Å². The highest BCUT2D eigenvalue weighted by atomic mass is 19.4. The number of aliphatic imine (C=N–C) groups is 1. The second-order valence-corrected chi connectivity index (χ2v) is 4.47. The van der Waals surface area contributed by atoms with Gasteiger partial charge in [-0.05, 0) is 11.6 Å². The summed E-state index contributed by atoms with van der Waals surface area (Å²) in [5.74, 6) is -0.214. The fourth-order valence-electron chi connectivity index (χ4n) is 2.09. The van der Waals surface area contributed by atoms with Crippen molar-refractivity contribution in [3.63, 3.8) is 0 Å². The highest BCUT2D eigenvalue weighted by Gasteiger charge is 2.35. The van der Waals surface area contributed by atoms with E-state index < -0.39 is 23.8 Å². The number of benzene rings is 1. The van der Waals surface area contributed by atoms with Crippen molar-refractivity contribution >= 4 is 12.1 Å². The smallest absolute Gasteiger partial charge is 0.416 e. The van der Waals surface area contributed by atoms with Crippen molar-refractivity contribution in [2.75, 3.05) is 20.2 Å². The normalized spacial score (nSPS) is 18.5. The van der Waals surface area contributed by atoms with Crippen molar-refractivity contribution in [3.05, 3.63) is 35.4 Å². The average molecular weight is 301 g/mol. The van der Waals surface area contributed by atoms with E-state index >= 15 is 0 Å². The summed E-state index contributed by atoms with van der Waals surface area (Å²) in [4.78, 5) is 15.0. The first kappa shape index (κ1) is 15.1. The third kappa shape index (κ3) is 3.65. The number of alkyl carbamates (subject to hydrolysis) is 1. The Bertz CT molecular complexity index is 558. The lowest BCUT2D eigenvalue weighted by molar-refractivity contribution is -0.138. The van der Waals surface area contributed by atoms with Gasteiger partial charge in [-0.15, -0.1) is 0 Å². The largest absolute Gasteiger partial charge is 0.453 e. The number of nitrogens with one attached hydrogen (secondary N) is 2. The van der Waals surface area contributed by atoms with Gasteiger partial charge >= 0.3 is 12.3 Å². The number of hydrogen-bond acceptors (Lipinski definition) is 4. The van der Waals surface area contributed by atoms with Crippen molar-refractivity contribution in [3.8, 4) is 0 Å². The third-order valence-corrected chi connectivity index (χ3v) is 3.10. The van der Waals surface area contributed by atoms with Crippen molar-refractivity contribution in [2.45, 2.75) is 12.1 Å². The molecule has 1 amide bonds. The predicted molar refractivity (Wildman–Crippen MR) is 70.0 cm³/mol. The van der Waals surface area contributed by atoms with Crippen LogP contribution in [0.25, 0.3) is 0 Å². The van der Waals surface area contributed by atoms with Crippen LogP contribution in [0, 0.1) is 0 Å². The maximum absolute atomic E-state index is 13.0. The minimum Gasteiger partial charge on any atom is -0.453 e. The highest BCUT2D eigenvalue weighted by molar-refractivity contribution is 5.94. The lowest BCUT2D eigenvalue weighted by atomic mass is 9.93. The Morgan fingerprint density at radius 2 is 2.14 bits per heavy atom. The van der Waals surface area contributed by atoms with Crippen LogP contribution >= 0.6 is 0 Å². The summed E-state index contributed by atoms with van der Waals surface area (Å²) in [6.45, 7) is 0.398. The molecule has 1 aromatic carbocycles. The van der Waals surface area contributed by atoms with Gasteiger partial charge in [-0.25, -0.2) is 4.79 Å². The summed E-state index contributed by atoms with van der Waals surface area (Å²) in [5, 5.41) is 5.12. The molecule has 0 aromatic heterocycles. The number of amides is 1. The van der Waals surface area contributed by atoms with Crippen LogP contribution in [-0.2, 0) is 10.9 Å². The molecular weight excluding hydrogens is 287 g/mol. The highest BCUT2D eigenvalue weighted by Crippen LogP contribution is 2.35. The molecule has 21 heavy (non-hydrogen) atoms. The molecular formula is C13H14F3N3O2. The molecule has 0 saturated heterocycles. The van der Waals surface area contributed by atoms with Crippen LogP contribution in [-0.4, -0.2) is 32.3 Å². The molecule has 1 aromatic rings. The Labute approximate surface area is 119 Å². The Balaban J connectivity index is 2.14. The summed E-state index contributed by atoms with van der Waals surface area (Å²) in [6.07, 6.45) is -5.08. The van der Waals surface area contributed by atoms with E-state index in [0.717, 1.165) is 6.07 Å². The number of rotatable bonds is 1. The molecule has 2 N–H and O–H groups in total. The van der Waals surface area contributed by atoms with Crippen molar-refractivity contribution in [2.24, 2.45) is 4.99 Å². The minimum absolute atomic E-state index is 0.152. The first-order chi connectivity index (χ1) is 9.91. The summed E-state index contributed by atoms with van der Waals surface area (Å²) in [6, 6.07) is 5.43. The van der Waals surface area contributed by atoms with Gasteiger partial charge in [0.2, 0.25) is 5.96 Å². The standard InChI is InChI=1S/C13H14F3N3O2/c1-21-12(20)19-11-17-6-8(7-18-11)9-4-2-3-5-10(9)13(14,15)16/h2-5,8H,6-7H2,1H3,(H2,17,18,19,20). The van der Waals surface area contributed by atoms with Gasteiger partial charge < -0.3 is 10.1 Å². The number of nitrogens with zero attached hydrogens (tertiary/aromatic N) is 1. The Morgan fingerprint density at radius 3 is 2.71 bits per heavy atom. The number of carbonyl (C=O) groups excluding carboxylic acids is 1. The van der Waals surface area contributed by atoms with Gasteiger partial charge in [0.1, 0.15) is 0 Å². The van der Waals surface area contributed by atoms with Crippen molar-refractivity contribution in [1.82, 2.24) is 10.6 Å². The topological polar surface area (TPSA) is 62.7 Å². The molecule has 1 aliphatic heterocycles. The number of ether oxygens (including phenoxy) is 1. The van der Waals surface area contributed by atoms with Crippen LogP contribution in [0.5, 0.6) is 0 Å². The molecule has 0 radical (unpaired) electrons. The monoisotopic (exact) mass is 301 g/mol. The number of alkyl halides is 3. The summed E-state index contributed by atoms with van der Waals surface area (Å²) in [7, 11) is 1.21. The van der Waals surface area contributed by atoms with Crippen LogP contribution in [0.2, 0.25) is 0 Å². The lowest BCUT2D eigenvalue weighted by Gasteiger charge is -2.25. The van der Waals surface area contributed by atoms with Gasteiger partial charge in [0, 0.05) is 12.5 Å². The van der Waals surface area contributed by atoms with E-state index in [-0.39, 0.29) is 24.6 Å². The second-order valence-electron chi connectivity index (χ2n) is 4.47. The Morgan fingerprint density at radius 1 is 1.43 bits per heavy atom. The first-order valence-electron chi connectivity index (χ1n) is 6.21. The molecule has 8 heteroatoms. The molecule has 0 aliphatic carbocycles. The maximum atomic E-state index is 13.0. The Hall–Kier alpha value is -2.25.